The Morgan fingerprint density at radius 1 is 1.12 bits per heavy atom. The molecule has 0 heterocycles. The van der Waals surface area contributed by atoms with Gasteiger partial charge in [-0.3, -0.25) is 0 Å². The Bertz CT molecular complexity index is 250. The lowest BCUT2D eigenvalue weighted by molar-refractivity contribution is 0.481. The maximum Gasteiger partial charge on any atom is 0.147 e. The van der Waals surface area contributed by atoms with Crippen molar-refractivity contribution in [1.29, 1.82) is 0 Å². The van der Waals surface area contributed by atoms with Gasteiger partial charge in [-0.05, 0) is 32.7 Å². The molecule has 0 spiro atoms. The Morgan fingerprint density at radius 3 is 2.38 bits per heavy atom. The fourth-order valence-electron chi connectivity index (χ4n) is 1.64. The van der Waals surface area contributed by atoms with E-state index >= 15 is 0 Å². The zero-order valence-electron chi connectivity index (χ0n) is 11.0. The Balaban J connectivity index is 3.31. The minimum atomic E-state index is -2.77. The summed E-state index contributed by atoms with van der Waals surface area (Å²) < 4.78 is 21.8. The normalized spacial score (nSPS) is 13.9. The number of sulfone groups is 1. The van der Waals surface area contributed by atoms with Crippen molar-refractivity contribution in [3.8, 4) is 0 Å². The van der Waals surface area contributed by atoms with Gasteiger partial charge in [-0.15, -0.1) is 0 Å². The third-order valence-electron chi connectivity index (χ3n) is 2.68. The number of unbranched alkanes of at least 4 members (excludes halogenated alkanes) is 3. The molecule has 0 rings (SSSR count). The summed E-state index contributed by atoms with van der Waals surface area (Å²) in [5.74, 6) is 0.318. The molecule has 1 unspecified atom stereocenters. The molecule has 0 aromatic heterocycles. The first-order valence-electron chi connectivity index (χ1n) is 6.37. The Labute approximate surface area is 101 Å². The maximum absolute atomic E-state index is 10.9. The molecule has 0 saturated heterocycles. The van der Waals surface area contributed by atoms with Crippen LogP contribution in [0.25, 0.3) is 0 Å². The summed E-state index contributed by atoms with van der Waals surface area (Å²) in [6, 6.07) is 0.560. The molecule has 0 aliphatic heterocycles. The van der Waals surface area contributed by atoms with Crippen LogP contribution in [0.2, 0.25) is 0 Å². The molecular weight excluding hydrogens is 222 g/mol. The van der Waals surface area contributed by atoms with Crippen molar-refractivity contribution in [3.05, 3.63) is 0 Å². The first-order chi connectivity index (χ1) is 7.45. The SMILES string of the molecule is CCCCCC(C)NCCCCS(C)(=O)=O. The monoisotopic (exact) mass is 249 g/mol. The second-order valence-electron chi connectivity index (χ2n) is 4.69. The molecule has 16 heavy (non-hydrogen) atoms. The molecule has 0 radical (unpaired) electrons. The fourth-order valence-corrected chi connectivity index (χ4v) is 2.37. The van der Waals surface area contributed by atoms with Gasteiger partial charge < -0.3 is 5.32 Å². The number of nitrogens with one attached hydrogen (secondary N) is 1. The summed E-state index contributed by atoms with van der Waals surface area (Å²) in [7, 11) is -2.77. The lowest BCUT2D eigenvalue weighted by atomic mass is 10.1. The third-order valence-corrected chi connectivity index (χ3v) is 3.71. The van der Waals surface area contributed by atoms with Crippen molar-refractivity contribution in [2.75, 3.05) is 18.6 Å². The van der Waals surface area contributed by atoms with Crippen molar-refractivity contribution in [1.82, 2.24) is 5.32 Å². The van der Waals surface area contributed by atoms with E-state index in [1.165, 1.54) is 31.9 Å². The van der Waals surface area contributed by atoms with Gasteiger partial charge in [0.05, 0.1) is 0 Å². The average Bonchev–Trinajstić information content (AvgIpc) is 2.16. The summed E-state index contributed by atoms with van der Waals surface area (Å²) in [5, 5.41) is 3.43. The second kappa shape index (κ2) is 8.99. The van der Waals surface area contributed by atoms with E-state index in [1.807, 2.05) is 0 Å². The van der Waals surface area contributed by atoms with Gasteiger partial charge in [0.2, 0.25) is 0 Å². The van der Waals surface area contributed by atoms with E-state index in [0.29, 0.717) is 11.8 Å². The van der Waals surface area contributed by atoms with E-state index in [1.54, 1.807) is 0 Å². The summed E-state index contributed by atoms with van der Waals surface area (Å²) in [6.45, 7) is 5.35. The van der Waals surface area contributed by atoms with Gasteiger partial charge in [-0.2, -0.15) is 0 Å². The summed E-state index contributed by atoms with van der Waals surface area (Å²) >= 11 is 0. The summed E-state index contributed by atoms with van der Waals surface area (Å²) in [6.07, 6.45) is 8.10. The van der Waals surface area contributed by atoms with Gasteiger partial charge in [0.25, 0.3) is 0 Å². The molecule has 0 aromatic carbocycles. The van der Waals surface area contributed by atoms with Crippen molar-refractivity contribution in [2.24, 2.45) is 0 Å². The number of hydrogen-bond donors (Lipinski definition) is 1. The number of rotatable bonds is 10. The van der Waals surface area contributed by atoms with Gasteiger partial charge >= 0.3 is 0 Å². The van der Waals surface area contributed by atoms with E-state index in [9.17, 15) is 8.42 Å². The van der Waals surface area contributed by atoms with Crippen LogP contribution in [0.1, 0.15) is 52.4 Å². The molecule has 3 nitrogen and oxygen atoms in total. The van der Waals surface area contributed by atoms with Crippen molar-refractivity contribution in [3.63, 3.8) is 0 Å². The lowest BCUT2D eigenvalue weighted by Crippen LogP contribution is -2.27. The molecule has 0 aliphatic carbocycles. The Hall–Kier alpha value is -0.0900. The van der Waals surface area contributed by atoms with Crippen LogP contribution in [0.4, 0.5) is 0 Å². The van der Waals surface area contributed by atoms with Crippen LogP contribution < -0.4 is 5.32 Å². The average molecular weight is 249 g/mol. The van der Waals surface area contributed by atoms with E-state index in [-0.39, 0.29) is 0 Å². The van der Waals surface area contributed by atoms with E-state index in [4.69, 9.17) is 0 Å². The van der Waals surface area contributed by atoms with Gasteiger partial charge in [0.15, 0.2) is 0 Å². The first kappa shape index (κ1) is 15.9. The number of hydrogen-bond acceptors (Lipinski definition) is 3. The predicted molar refractivity (Wildman–Crippen MR) is 70.6 cm³/mol. The molecule has 1 N–H and O–H groups in total. The molecular formula is C12H27NO2S. The molecule has 0 saturated carbocycles. The highest BCUT2D eigenvalue weighted by Gasteiger charge is 2.02. The fraction of sp³-hybridized carbons (Fsp3) is 1.00. The smallest absolute Gasteiger partial charge is 0.147 e. The zero-order chi connectivity index (χ0) is 12.4. The molecule has 4 heteroatoms. The van der Waals surface area contributed by atoms with Gasteiger partial charge in [-0.25, -0.2) is 8.42 Å². The summed E-state index contributed by atoms with van der Waals surface area (Å²) in [5.41, 5.74) is 0. The van der Waals surface area contributed by atoms with Crippen molar-refractivity contribution >= 4 is 9.84 Å². The van der Waals surface area contributed by atoms with Crippen molar-refractivity contribution < 1.29 is 8.42 Å². The third kappa shape index (κ3) is 12.0. The van der Waals surface area contributed by atoms with Gasteiger partial charge in [-0.1, -0.05) is 26.2 Å². The quantitative estimate of drug-likeness (QED) is 0.605. The zero-order valence-corrected chi connectivity index (χ0v) is 11.8. The van der Waals surface area contributed by atoms with Crippen LogP contribution in [0.3, 0.4) is 0 Å². The van der Waals surface area contributed by atoms with Crippen LogP contribution in [0.15, 0.2) is 0 Å². The minimum Gasteiger partial charge on any atom is -0.314 e. The van der Waals surface area contributed by atoms with Crippen LogP contribution in [0, 0.1) is 0 Å². The van der Waals surface area contributed by atoms with E-state index in [2.05, 4.69) is 19.2 Å². The van der Waals surface area contributed by atoms with Crippen LogP contribution in [-0.2, 0) is 9.84 Å². The highest BCUT2D eigenvalue weighted by molar-refractivity contribution is 7.90. The molecule has 0 fully saturated rings. The minimum absolute atomic E-state index is 0.318. The van der Waals surface area contributed by atoms with E-state index < -0.39 is 9.84 Å². The molecule has 0 aromatic rings. The molecule has 0 amide bonds. The molecule has 98 valence electrons. The topological polar surface area (TPSA) is 46.2 Å². The van der Waals surface area contributed by atoms with Crippen LogP contribution in [-0.4, -0.2) is 33.0 Å². The maximum atomic E-state index is 10.9. The predicted octanol–water partition coefficient (Wildman–Crippen LogP) is 2.37. The van der Waals surface area contributed by atoms with Gasteiger partial charge in [0.1, 0.15) is 9.84 Å². The second-order valence-corrected chi connectivity index (χ2v) is 6.95. The van der Waals surface area contributed by atoms with E-state index in [0.717, 1.165) is 19.4 Å². The van der Waals surface area contributed by atoms with Crippen LogP contribution in [0.5, 0.6) is 0 Å². The largest absolute Gasteiger partial charge is 0.314 e. The highest BCUT2D eigenvalue weighted by atomic mass is 32.2. The van der Waals surface area contributed by atoms with Crippen molar-refractivity contribution in [2.45, 2.75) is 58.4 Å². The molecule has 0 aliphatic rings. The Kier molecular flexibility index (Phi) is 8.94. The van der Waals surface area contributed by atoms with Crippen LogP contribution >= 0.6 is 0 Å². The highest BCUT2D eigenvalue weighted by Crippen LogP contribution is 2.03. The molecule has 1 atom stereocenters. The standard InChI is InChI=1S/C12H27NO2S/c1-4-5-6-9-12(2)13-10-7-8-11-16(3,14)15/h12-13H,4-11H2,1-3H3. The summed E-state index contributed by atoms with van der Waals surface area (Å²) in [4.78, 5) is 0. The first-order valence-corrected chi connectivity index (χ1v) is 8.43. The lowest BCUT2D eigenvalue weighted by Gasteiger charge is -2.13. The molecule has 0 bridgehead atoms. The Morgan fingerprint density at radius 2 is 1.81 bits per heavy atom. The van der Waals surface area contributed by atoms with Gasteiger partial charge in [0, 0.05) is 18.1 Å².